The van der Waals surface area contributed by atoms with Crippen LogP contribution in [0.15, 0.2) is 48.7 Å². The molecular weight excluding hydrogens is 585 g/mol. The summed E-state index contributed by atoms with van der Waals surface area (Å²) in [6, 6.07) is 13.6. The maximum absolute atomic E-state index is 14.7. The van der Waals surface area contributed by atoms with Gasteiger partial charge in [-0.05, 0) is 75.2 Å². The zero-order valence-corrected chi connectivity index (χ0v) is 26.3. The molecule has 5 N–H and O–H groups in total. The first-order chi connectivity index (χ1) is 22.4. The van der Waals surface area contributed by atoms with Crippen LogP contribution in [0.1, 0.15) is 36.2 Å². The Morgan fingerprint density at radius 2 is 1.70 bits per heavy atom. The highest BCUT2D eigenvalue weighted by atomic mass is 19.1. The van der Waals surface area contributed by atoms with E-state index < -0.39 is 11.7 Å². The third kappa shape index (κ3) is 6.51. The van der Waals surface area contributed by atoms with Crippen LogP contribution in [0, 0.1) is 5.82 Å². The fraction of sp³-hybridized carbons (Fsp3) is 0.441. The average molecular weight is 628 g/mol. The van der Waals surface area contributed by atoms with Gasteiger partial charge in [-0.15, -0.1) is 0 Å². The molecule has 3 aliphatic rings. The Balaban J connectivity index is 1.13. The number of rotatable bonds is 8. The Morgan fingerprint density at radius 3 is 2.41 bits per heavy atom. The molecule has 46 heavy (non-hydrogen) atoms. The molecular formula is C34H42FN9O2. The van der Waals surface area contributed by atoms with Crippen LogP contribution in [0.4, 0.5) is 27.4 Å². The van der Waals surface area contributed by atoms with Crippen molar-refractivity contribution in [1.82, 2.24) is 24.8 Å². The number of carbonyl (C=O) groups is 1. The fourth-order valence-electron chi connectivity index (χ4n) is 6.91. The van der Waals surface area contributed by atoms with E-state index in [-0.39, 0.29) is 17.6 Å². The van der Waals surface area contributed by atoms with Crippen molar-refractivity contribution in [3.8, 4) is 11.3 Å². The van der Waals surface area contributed by atoms with Gasteiger partial charge in [-0.2, -0.15) is 0 Å². The minimum absolute atomic E-state index is 0.0180. The first-order valence-corrected chi connectivity index (χ1v) is 16.3. The van der Waals surface area contributed by atoms with Gasteiger partial charge in [0, 0.05) is 98.6 Å². The van der Waals surface area contributed by atoms with Gasteiger partial charge in [0.05, 0.1) is 0 Å². The number of carbonyl (C=O) groups excluding carboxylic acids is 1. The van der Waals surface area contributed by atoms with Gasteiger partial charge in [0.25, 0.3) is 5.91 Å². The number of hydrogen-bond donors (Lipinski definition) is 4. The van der Waals surface area contributed by atoms with Gasteiger partial charge in [0.15, 0.2) is 17.3 Å². The lowest BCUT2D eigenvalue weighted by Gasteiger charge is -2.42. The van der Waals surface area contributed by atoms with Crippen LogP contribution >= 0.6 is 0 Å². The number of piperidine rings is 1. The van der Waals surface area contributed by atoms with Crippen molar-refractivity contribution < 1.29 is 13.9 Å². The van der Waals surface area contributed by atoms with E-state index in [0.29, 0.717) is 41.8 Å². The van der Waals surface area contributed by atoms with Crippen LogP contribution in [-0.4, -0.2) is 102 Å². The first-order valence-electron chi connectivity index (χ1n) is 16.3. The number of nitrogens with one attached hydrogen (secondary N) is 3. The molecule has 0 radical (unpaired) electrons. The number of aromatic nitrogens is 3. The van der Waals surface area contributed by atoms with E-state index in [4.69, 9.17) is 20.4 Å². The number of fused-ring (bicyclic) bond motifs is 1. The Labute approximate surface area is 268 Å². The molecule has 0 spiro atoms. The van der Waals surface area contributed by atoms with Crippen molar-refractivity contribution in [2.75, 3.05) is 75.1 Å². The highest BCUT2D eigenvalue weighted by molar-refractivity contribution is 6.01. The molecule has 3 aliphatic heterocycles. The summed E-state index contributed by atoms with van der Waals surface area (Å²) in [6.45, 7) is 7.92. The van der Waals surface area contributed by atoms with E-state index in [9.17, 15) is 9.18 Å². The van der Waals surface area contributed by atoms with Crippen molar-refractivity contribution in [3.05, 3.63) is 60.2 Å². The van der Waals surface area contributed by atoms with Crippen LogP contribution in [-0.2, 0) is 4.74 Å². The zero-order chi connectivity index (χ0) is 31.6. The van der Waals surface area contributed by atoms with Crippen molar-refractivity contribution >= 4 is 39.8 Å². The third-order valence-electron chi connectivity index (χ3n) is 9.59. The number of H-pyrrole nitrogens is 1. The molecule has 242 valence electrons. The number of aromatic amines is 1. The number of benzene rings is 2. The SMILES string of the molecule is CN1CCN(C2CCN(c3ccc(Nc4nc(NC5CCOCC5)c(-c5cc(F)cc6[nH]ccc56)nc4C(N)=O)cc3)CC2)CC1. The molecule has 4 aromatic rings. The number of nitrogens with zero attached hydrogens (tertiary/aromatic N) is 5. The van der Waals surface area contributed by atoms with Gasteiger partial charge in [-0.3, -0.25) is 9.69 Å². The Kier molecular flexibility index (Phi) is 8.74. The molecule has 2 aromatic carbocycles. The summed E-state index contributed by atoms with van der Waals surface area (Å²) < 4.78 is 20.3. The molecule has 11 nitrogen and oxygen atoms in total. The van der Waals surface area contributed by atoms with Gasteiger partial charge >= 0.3 is 0 Å². The van der Waals surface area contributed by atoms with Crippen LogP contribution in [0.5, 0.6) is 0 Å². The highest BCUT2D eigenvalue weighted by Crippen LogP contribution is 2.35. The number of amides is 1. The van der Waals surface area contributed by atoms with Crippen molar-refractivity contribution in [1.29, 1.82) is 0 Å². The zero-order valence-electron chi connectivity index (χ0n) is 26.3. The van der Waals surface area contributed by atoms with Crippen LogP contribution in [0.25, 0.3) is 22.2 Å². The van der Waals surface area contributed by atoms with E-state index in [1.54, 1.807) is 6.20 Å². The smallest absolute Gasteiger partial charge is 0.271 e. The fourth-order valence-corrected chi connectivity index (χ4v) is 6.91. The van der Waals surface area contributed by atoms with Gasteiger partial charge in [0.2, 0.25) is 0 Å². The van der Waals surface area contributed by atoms with Gasteiger partial charge in [-0.1, -0.05) is 0 Å². The third-order valence-corrected chi connectivity index (χ3v) is 9.59. The molecule has 7 rings (SSSR count). The number of likely N-dealkylation sites (N-methyl/N-ethyl adjacent to an activating group) is 1. The first kappa shape index (κ1) is 30.4. The quantitative estimate of drug-likeness (QED) is 0.225. The molecule has 12 heteroatoms. The lowest BCUT2D eigenvalue weighted by molar-refractivity contribution is 0.0904. The lowest BCUT2D eigenvalue weighted by atomic mass is 10.0. The molecule has 0 saturated carbocycles. The Hall–Kier alpha value is -4.26. The second-order valence-corrected chi connectivity index (χ2v) is 12.6. The molecule has 5 heterocycles. The molecule has 2 aromatic heterocycles. The molecule has 0 atom stereocenters. The number of piperazine rings is 1. The van der Waals surface area contributed by atoms with E-state index in [1.165, 1.54) is 17.8 Å². The molecule has 1 amide bonds. The minimum Gasteiger partial charge on any atom is -0.381 e. The number of primary amides is 1. The van der Waals surface area contributed by atoms with Crippen molar-refractivity contribution in [3.63, 3.8) is 0 Å². The van der Waals surface area contributed by atoms with E-state index in [2.05, 4.69) is 49.5 Å². The van der Waals surface area contributed by atoms with E-state index in [0.717, 1.165) is 76.0 Å². The number of hydrogen-bond acceptors (Lipinski definition) is 9. The van der Waals surface area contributed by atoms with Crippen molar-refractivity contribution in [2.45, 2.75) is 37.8 Å². The van der Waals surface area contributed by atoms with E-state index >= 15 is 0 Å². The predicted molar refractivity (Wildman–Crippen MR) is 179 cm³/mol. The topological polar surface area (TPSA) is 128 Å². The summed E-state index contributed by atoms with van der Waals surface area (Å²) in [5.41, 5.74) is 9.28. The second kappa shape index (κ2) is 13.2. The largest absolute Gasteiger partial charge is 0.381 e. The average Bonchev–Trinajstić information content (AvgIpc) is 3.54. The number of nitrogens with two attached hydrogens (primary N) is 1. The van der Waals surface area contributed by atoms with Gasteiger partial charge < -0.3 is 35.9 Å². The van der Waals surface area contributed by atoms with Crippen molar-refractivity contribution in [2.24, 2.45) is 5.73 Å². The number of halogens is 1. The molecule has 0 bridgehead atoms. The van der Waals surface area contributed by atoms with Crippen LogP contribution in [0.3, 0.4) is 0 Å². The number of anilines is 4. The molecule has 0 unspecified atom stereocenters. The van der Waals surface area contributed by atoms with E-state index in [1.807, 2.05) is 18.2 Å². The van der Waals surface area contributed by atoms with Gasteiger partial charge in [0.1, 0.15) is 11.5 Å². The summed E-state index contributed by atoms with van der Waals surface area (Å²) in [5, 5.41) is 7.56. The lowest BCUT2D eigenvalue weighted by Crippen LogP contribution is -2.52. The second-order valence-electron chi connectivity index (χ2n) is 12.6. The van der Waals surface area contributed by atoms with Crippen LogP contribution < -0.4 is 21.3 Å². The Bertz CT molecular complexity index is 1670. The normalized spacial score (nSPS) is 19.0. The van der Waals surface area contributed by atoms with Gasteiger partial charge in [-0.25, -0.2) is 14.4 Å². The maximum atomic E-state index is 14.7. The van der Waals surface area contributed by atoms with Crippen LogP contribution in [0.2, 0.25) is 0 Å². The predicted octanol–water partition coefficient (Wildman–Crippen LogP) is 4.41. The Morgan fingerprint density at radius 1 is 0.957 bits per heavy atom. The monoisotopic (exact) mass is 627 g/mol. The summed E-state index contributed by atoms with van der Waals surface area (Å²) in [6.07, 6.45) is 5.65. The highest BCUT2D eigenvalue weighted by Gasteiger charge is 2.27. The minimum atomic E-state index is -0.726. The maximum Gasteiger partial charge on any atom is 0.271 e. The summed E-state index contributed by atoms with van der Waals surface area (Å²) >= 11 is 0. The summed E-state index contributed by atoms with van der Waals surface area (Å²) in [7, 11) is 2.20. The molecule has 0 aliphatic carbocycles. The summed E-state index contributed by atoms with van der Waals surface area (Å²) in [5.74, 6) is -0.453. The number of ether oxygens (including phenoxy) is 1. The molecule has 3 saturated heterocycles. The summed E-state index contributed by atoms with van der Waals surface area (Å²) in [4.78, 5) is 32.9. The molecule has 3 fully saturated rings. The standard InChI is InChI=1S/C34H42FN9O2/c1-42-14-16-44(17-15-42)26-7-12-43(13-8-26)25-4-2-23(3-5-25)38-34-31(32(36)45)40-30(33(41-34)39-24-9-18-46-19-10-24)28-20-22(35)21-29-27(28)6-11-37-29/h2-6,11,20-21,24,26,37H,7-10,12-19H2,1H3,(H2,36,45)(H2,38,39,41).